The zero-order valence-corrected chi connectivity index (χ0v) is 17.7. The minimum Gasteiger partial charge on any atom is -0.495 e. The molecule has 0 aliphatic heterocycles. The first kappa shape index (κ1) is 22.0. The van der Waals surface area contributed by atoms with Gasteiger partial charge in [-0.3, -0.25) is 9.59 Å². The molecule has 0 fully saturated rings. The molecule has 0 bridgehead atoms. The Morgan fingerprint density at radius 3 is 2.43 bits per heavy atom. The lowest BCUT2D eigenvalue weighted by Crippen LogP contribution is -2.35. The number of benzene rings is 2. The van der Waals surface area contributed by atoms with Crippen LogP contribution in [0.15, 0.2) is 41.3 Å². The van der Waals surface area contributed by atoms with Crippen molar-refractivity contribution in [2.75, 3.05) is 32.3 Å². The Morgan fingerprint density at radius 2 is 1.82 bits per heavy atom. The maximum absolute atomic E-state index is 12.6. The quantitative estimate of drug-likeness (QED) is 0.738. The van der Waals surface area contributed by atoms with Crippen molar-refractivity contribution in [2.24, 2.45) is 0 Å². The van der Waals surface area contributed by atoms with Crippen LogP contribution in [0.4, 0.5) is 5.69 Å². The zero-order valence-electron chi connectivity index (χ0n) is 15.3. The number of ether oxygens (including phenoxy) is 1. The number of sulfone groups is 1. The number of amides is 2. The highest BCUT2D eigenvalue weighted by molar-refractivity contribution is 7.90. The normalized spacial score (nSPS) is 11.0. The van der Waals surface area contributed by atoms with E-state index in [0.717, 1.165) is 11.2 Å². The van der Waals surface area contributed by atoms with Gasteiger partial charge in [0.1, 0.15) is 5.75 Å². The van der Waals surface area contributed by atoms with Gasteiger partial charge in [-0.2, -0.15) is 0 Å². The molecular weight excluding hydrogens is 427 g/mol. The van der Waals surface area contributed by atoms with Crippen LogP contribution in [0.25, 0.3) is 0 Å². The van der Waals surface area contributed by atoms with Gasteiger partial charge >= 0.3 is 0 Å². The average Bonchev–Trinajstić information content (AvgIpc) is 2.60. The maximum Gasteiger partial charge on any atom is 0.255 e. The molecule has 7 nitrogen and oxygen atoms in total. The van der Waals surface area contributed by atoms with Crippen molar-refractivity contribution in [1.82, 2.24) is 4.90 Å². The van der Waals surface area contributed by atoms with E-state index in [0.29, 0.717) is 16.5 Å². The molecule has 1 N–H and O–H groups in total. The highest BCUT2D eigenvalue weighted by Gasteiger charge is 2.20. The lowest BCUT2D eigenvalue weighted by Gasteiger charge is -2.18. The first-order valence-electron chi connectivity index (χ1n) is 7.91. The third-order valence-corrected chi connectivity index (χ3v) is 5.43. The summed E-state index contributed by atoms with van der Waals surface area (Å²) in [5.74, 6) is -0.675. The molecule has 10 heteroatoms. The van der Waals surface area contributed by atoms with Gasteiger partial charge in [0.25, 0.3) is 5.91 Å². The van der Waals surface area contributed by atoms with Crippen LogP contribution in [0.5, 0.6) is 5.75 Å². The SMILES string of the molecule is COc1ccc(Cl)cc1NC(=O)CN(C)C(=O)c1cc(S(C)(=O)=O)ccc1Cl. The zero-order chi connectivity index (χ0) is 21.1. The molecular formula is C18H18Cl2N2O5S. The highest BCUT2D eigenvalue weighted by atomic mass is 35.5. The van der Waals surface area contributed by atoms with Crippen molar-refractivity contribution in [3.05, 3.63) is 52.0 Å². The summed E-state index contributed by atoms with van der Waals surface area (Å²) in [6.07, 6.45) is 1.03. The number of nitrogens with one attached hydrogen (secondary N) is 1. The second-order valence-corrected chi connectivity index (χ2v) is 8.83. The van der Waals surface area contributed by atoms with Crippen LogP contribution in [0, 0.1) is 0 Å². The van der Waals surface area contributed by atoms with Crippen molar-refractivity contribution in [2.45, 2.75) is 4.90 Å². The van der Waals surface area contributed by atoms with E-state index in [-0.39, 0.29) is 22.0 Å². The molecule has 0 saturated heterocycles. The first-order chi connectivity index (χ1) is 13.0. The molecule has 0 aliphatic rings. The number of halogens is 2. The van der Waals surface area contributed by atoms with Gasteiger partial charge in [0.05, 0.1) is 34.8 Å². The van der Waals surface area contributed by atoms with Crippen LogP contribution >= 0.6 is 23.2 Å². The fraction of sp³-hybridized carbons (Fsp3) is 0.222. The van der Waals surface area contributed by atoms with Crippen molar-refractivity contribution in [3.63, 3.8) is 0 Å². The Hall–Kier alpha value is -2.29. The second-order valence-electron chi connectivity index (χ2n) is 5.97. The van der Waals surface area contributed by atoms with Gasteiger partial charge in [-0.1, -0.05) is 23.2 Å². The fourth-order valence-corrected chi connectivity index (χ4v) is 3.38. The number of nitrogens with zero attached hydrogens (tertiary/aromatic N) is 1. The van der Waals surface area contributed by atoms with Crippen LogP contribution < -0.4 is 10.1 Å². The minimum absolute atomic E-state index is 0.0137. The second kappa shape index (κ2) is 8.81. The predicted molar refractivity (Wildman–Crippen MR) is 108 cm³/mol. The number of rotatable bonds is 6. The van der Waals surface area contributed by atoms with E-state index < -0.39 is 21.7 Å². The van der Waals surface area contributed by atoms with Crippen molar-refractivity contribution < 1.29 is 22.7 Å². The van der Waals surface area contributed by atoms with Gasteiger partial charge in [-0.05, 0) is 36.4 Å². The molecule has 2 rings (SSSR count). The third kappa shape index (κ3) is 5.37. The standard InChI is InChI=1S/C18H18Cl2N2O5S/c1-22(10-17(23)21-15-8-11(19)4-7-16(15)27-2)18(24)13-9-12(28(3,25)26)5-6-14(13)20/h4-9H,10H2,1-3H3,(H,21,23). The van der Waals surface area contributed by atoms with E-state index >= 15 is 0 Å². The molecule has 2 aromatic rings. The Kier molecular flexibility index (Phi) is 6.92. The summed E-state index contributed by atoms with van der Waals surface area (Å²) >= 11 is 12.0. The van der Waals surface area contributed by atoms with Crippen LogP contribution in [0.1, 0.15) is 10.4 Å². The van der Waals surface area contributed by atoms with Gasteiger partial charge in [-0.25, -0.2) is 8.42 Å². The van der Waals surface area contributed by atoms with Gasteiger partial charge in [0.2, 0.25) is 5.91 Å². The Balaban J connectivity index is 2.17. The van der Waals surface area contributed by atoms with Crippen molar-refractivity contribution >= 4 is 50.5 Å². The van der Waals surface area contributed by atoms with Crippen molar-refractivity contribution in [3.8, 4) is 5.75 Å². The molecule has 150 valence electrons. The largest absolute Gasteiger partial charge is 0.495 e. The Morgan fingerprint density at radius 1 is 1.14 bits per heavy atom. The molecule has 2 amide bonds. The lowest BCUT2D eigenvalue weighted by atomic mass is 10.2. The predicted octanol–water partition coefficient (Wildman–Crippen LogP) is 3.12. The van der Waals surface area contributed by atoms with E-state index in [9.17, 15) is 18.0 Å². The monoisotopic (exact) mass is 444 g/mol. The Labute approximate surface area is 173 Å². The summed E-state index contributed by atoms with van der Waals surface area (Å²) in [5, 5.41) is 3.11. The molecule has 0 saturated carbocycles. The number of anilines is 1. The van der Waals surface area contributed by atoms with E-state index in [2.05, 4.69) is 5.32 Å². The number of carbonyl (C=O) groups is 2. The van der Waals surface area contributed by atoms with Crippen LogP contribution in [-0.2, 0) is 14.6 Å². The van der Waals surface area contributed by atoms with E-state index in [1.54, 1.807) is 12.1 Å². The van der Waals surface area contributed by atoms with Gasteiger partial charge in [-0.15, -0.1) is 0 Å². The topological polar surface area (TPSA) is 92.8 Å². The average molecular weight is 445 g/mol. The minimum atomic E-state index is -3.51. The van der Waals surface area contributed by atoms with E-state index in [1.165, 1.54) is 38.4 Å². The van der Waals surface area contributed by atoms with Gasteiger partial charge in [0.15, 0.2) is 9.84 Å². The smallest absolute Gasteiger partial charge is 0.255 e. The van der Waals surface area contributed by atoms with Gasteiger partial charge in [0, 0.05) is 18.3 Å². The maximum atomic E-state index is 12.6. The van der Waals surface area contributed by atoms with Gasteiger partial charge < -0.3 is 15.0 Å². The molecule has 0 aliphatic carbocycles. The van der Waals surface area contributed by atoms with Crippen LogP contribution in [0.3, 0.4) is 0 Å². The molecule has 28 heavy (non-hydrogen) atoms. The van der Waals surface area contributed by atoms with E-state index in [1.807, 2.05) is 0 Å². The molecule has 0 spiro atoms. The van der Waals surface area contributed by atoms with Crippen molar-refractivity contribution in [1.29, 1.82) is 0 Å². The lowest BCUT2D eigenvalue weighted by molar-refractivity contribution is -0.116. The summed E-state index contributed by atoms with van der Waals surface area (Å²) in [6.45, 7) is -0.298. The van der Waals surface area contributed by atoms with E-state index in [4.69, 9.17) is 27.9 Å². The summed E-state index contributed by atoms with van der Waals surface area (Å²) in [6, 6.07) is 8.56. The number of hydrogen-bond acceptors (Lipinski definition) is 5. The summed E-state index contributed by atoms with van der Waals surface area (Å²) < 4.78 is 28.6. The number of likely N-dealkylation sites (N-methyl/N-ethyl adjacent to an activating group) is 1. The molecule has 0 aromatic heterocycles. The summed E-state index contributed by atoms with van der Waals surface area (Å²) in [5.41, 5.74) is 0.346. The summed E-state index contributed by atoms with van der Waals surface area (Å²) in [7, 11) is -0.659. The third-order valence-electron chi connectivity index (χ3n) is 3.76. The highest BCUT2D eigenvalue weighted by Crippen LogP contribution is 2.27. The van der Waals surface area contributed by atoms with Crippen LogP contribution in [0.2, 0.25) is 10.0 Å². The number of hydrogen-bond donors (Lipinski definition) is 1. The molecule has 0 radical (unpaired) electrons. The molecule has 0 heterocycles. The number of carbonyl (C=O) groups excluding carboxylic acids is 2. The fourth-order valence-electron chi connectivity index (χ4n) is 2.36. The van der Waals surface area contributed by atoms with Crippen LogP contribution in [-0.4, -0.2) is 52.1 Å². The molecule has 0 atom stereocenters. The molecule has 2 aromatic carbocycles. The summed E-state index contributed by atoms with van der Waals surface area (Å²) in [4.78, 5) is 26.0. The first-order valence-corrected chi connectivity index (χ1v) is 10.6. The Bertz CT molecular complexity index is 1020. The molecule has 0 unspecified atom stereocenters. The number of methoxy groups -OCH3 is 1.